The van der Waals surface area contributed by atoms with Crippen molar-refractivity contribution in [1.82, 2.24) is 19.7 Å². The molecule has 0 aliphatic carbocycles. The molecule has 0 bridgehead atoms. The Hall–Kier alpha value is -3.15. The van der Waals surface area contributed by atoms with E-state index in [1.807, 2.05) is 0 Å². The van der Waals surface area contributed by atoms with E-state index < -0.39 is 28.5 Å². The summed E-state index contributed by atoms with van der Waals surface area (Å²) in [6.07, 6.45) is -0.843. The van der Waals surface area contributed by atoms with Gasteiger partial charge in [-0.3, -0.25) is 9.20 Å². The topological polar surface area (TPSA) is 103 Å². The number of nitrogens with zero attached hydrogens (tertiary/aromatic N) is 3. The van der Waals surface area contributed by atoms with Gasteiger partial charge < -0.3 is 10.1 Å². The van der Waals surface area contributed by atoms with E-state index in [0.717, 1.165) is 6.26 Å². The Labute approximate surface area is 163 Å². The van der Waals surface area contributed by atoms with E-state index in [-0.39, 0.29) is 34.4 Å². The predicted molar refractivity (Wildman–Crippen MR) is 95.3 cm³/mol. The van der Waals surface area contributed by atoms with Crippen LogP contribution in [0.5, 0.6) is 5.88 Å². The number of carbonyl (C=O) groups is 1. The predicted octanol–water partition coefficient (Wildman–Crippen LogP) is 2.00. The van der Waals surface area contributed by atoms with Crippen molar-refractivity contribution in [3.05, 3.63) is 54.0 Å². The first-order valence-electron chi connectivity index (χ1n) is 8.15. The number of ether oxygens (including phenoxy) is 1. The van der Waals surface area contributed by atoms with Gasteiger partial charge in [-0.2, -0.15) is 13.2 Å². The number of fused-ring (bicyclic) bond motifs is 1. The lowest BCUT2D eigenvalue weighted by Crippen LogP contribution is -2.25. The molecule has 0 saturated heterocycles. The molecular weight excluding hydrogens is 413 g/mol. The largest absolute Gasteiger partial charge is 0.468 e. The van der Waals surface area contributed by atoms with Gasteiger partial charge >= 0.3 is 6.18 Å². The average Bonchev–Trinajstić information content (AvgIpc) is 3.04. The maximum absolute atomic E-state index is 12.6. The Kier molecular flexibility index (Phi) is 5.46. The summed E-state index contributed by atoms with van der Waals surface area (Å²) in [5.41, 5.74) is 0.356. The van der Waals surface area contributed by atoms with Crippen molar-refractivity contribution in [1.29, 1.82) is 0 Å². The molecule has 0 fully saturated rings. The minimum absolute atomic E-state index is 0.132. The van der Waals surface area contributed by atoms with Crippen LogP contribution in [0.25, 0.3) is 5.52 Å². The van der Waals surface area contributed by atoms with Crippen LogP contribution in [0.1, 0.15) is 16.1 Å². The van der Waals surface area contributed by atoms with E-state index in [2.05, 4.69) is 20.0 Å². The molecule has 0 aliphatic rings. The van der Waals surface area contributed by atoms with Gasteiger partial charge in [0.1, 0.15) is 0 Å². The second-order valence-corrected chi connectivity index (χ2v) is 7.93. The number of rotatable bonds is 6. The minimum atomic E-state index is -4.53. The number of hydrogen-bond acceptors (Lipinski definition) is 6. The smallest absolute Gasteiger partial charge is 0.422 e. The standard InChI is InChI=1S/C17H15F3N4O4S/c1-29(26,27)16-23-13(12-6-2-3-8-24(12)16)14(25)22-9-11-5-4-7-21-15(11)28-10-17(18,19)20/h2-8H,9-10H2,1H3,(H,22,25). The summed E-state index contributed by atoms with van der Waals surface area (Å²) in [4.78, 5) is 20.3. The highest BCUT2D eigenvalue weighted by Crippen LogP contribution is 2.21. The van der Waals surface area contributed by atoms with Crippen molar-refractivity contribution in [2.45, 2.75) is 17.9 Å². The first-order valence-corrected chi connectivity index (χ1v) is 10.0. The fourth-order valence-electron chi connectivity index (χ4n) is 2.54. The molecule has 3 rings (SSSR count). The molecule has 8 nitrogen and oxygen atoms in total. The summed E-state index contributed by atoms with van der Waals surface area (Å²) in [5.74, 6) is -0.967. The average molecular weight is 428 g/mol. The highest BCUT2D eigenvalue weighted by Gasteiger charge is 2.29. The van der Waals surface area contributed by atoms with E-state index >= 15 is 0 Å². The van der Waals surface area contributed by atoms with Gasteiger partial charge in [-0.05, 0) is 18.2 Å². The number of hydrogen-bond donors (Lipinski definition) is 1. The van der Waals surface area contributed by atoms with Crippen molar-refractivity contribution in [2.75, 3.05) is 12.9 Å². The summed E-state index contributed by atoms with van der Waals surface area (Å²) >= 11 is 0. The van der Waals surface area contributed by atoms with Crippen molar-refractivity contribution in [3.63, 3.8) is 0 Å². The van der Waals surface area contributed by atoms with Crippen LogP contribution in [0, 0.1) is 0 Å². The molecule has 3 heterocycles. The monoisotopic (exact) mass is 428 g/mol. The maximum atomic E-state index is 12.6. The number of imidazole rings is 1. The molecular formula is C17H15F3N4O4S. The van der Waals surface area contributed by atoms with Gasteiger partial charge in [-0.15, -0.1) is 0 Å². The number of sulfone groups is 1. The van der Waals surface area contributed by atoms with Crippen molar-refractivity contribution in [3.8, 4) is 5.88 Å². The van der Waals surface area contributed by atoms with Crippen molar-refractivity contribution >= 4 is 21.3 Å². The summed E-state index contributed by atoms with van der Waals surface area (Å²) in [5, 5.41) is 2.20. The second-order valence-electron chi connectivity index (χ2n) is 6.03. The lowest BCUT2D eigenvalue weighted by atomic mass is 10.2. The number of aromatic nitrogens is 3. The normalized spacial score (nSPS) is 12.1. The zero-order valence-corrected chi connectivity index (χ0v) is 15.8. The third kappa shape index (κ3) is 4.83. The van der Waals surface area contributed by atoms with E-state index in [0.29, 0.717) is 0 Å². The van der Waals surface area contributed by atoms with E-state index in [9.17, 15) is 26.4 Å². The number of carbonyl (C=O) groups excluding carboxylic acids is 1. The van der Waals surface area contributed by atoms with Gasteiger partial charge in [0.05, 0.1) is 5.52 Å². The van der Waals surface area contributed by atoms with Crippen molar-refractivity contribution < 1.29 is 31.1 Å². The van der Waals surface area contributed by atoms with E-state index in [1.165, 1.54) is 35.0 Å². The number of halogens is 3. The van der Waals surface area contributed by atoms with E-state index in [1.54, 1.807) is 12.1 Å². The third-order valence-corrected chi connectivity index (χ3v) is 4.68. The van der Waals surface area contributed by atoms with Crippen LogP contribution in [-0.4, -0.2) is 47.7 Å². The Morgan fingerprint density at radius 3 is 2.69 bits per heavy atom. The van der Waals surface area contributed by atoms with Gasteiger partial charge in [-0.25, -0.2) is 18.4 Å². The Morgan fingerprint density at radius 2 is 2.00 bits per heavy atom. The zero-order chi connectivity index (χ0) is 21.2. The first kappa shape index (κ1) is 20.6. The summed E-state index contributed by atoms with van der Waals surface area (Å²) in [6, 6.07) is 7.66. The molecule has 154 valence electrons. The molecule has 29 heavy (non-hydrogen) atoms. The Morgan fingerprint density at radius 1 is 1.24 bits per heavy atom. The van der Waals surface area contributed by atoms with Gasteiger partial charge in [0.15, 0.2) is 12.3 Å². The lowest BCUT2D eigenvalue weighted by Gasteiger charge is -2.12. The van der Waals surface area contributed by atoms with Crippen molar-refractivity contribution in [2.24, 2.45) is 0 Å². The fraction of sp³-hybridized carbons (Fsp3) is 0.235. The van der Waals surface area contributed by atoms with E-state index in [4.69, 9.17) is 0 Å². The summed E-state index contributed by atoms with van der Waals surface area (Å²) in [6.45, 7) is -1.71. The molecule has 12 heteroatoms. The summed E-state index contributed by atoms with van der Waals surface area (Å²) in [7, 11) is -3.70. The molecule has 1 amide bonds. The fourth-order valence-corrected chi connectivity index (χ4v) is 3.31. The van der Waals surface area contributed by atoms with Crippen LogP contribution in [0.3, 0.4) is 0 Å². The molecule has 1 N–H and O–H groups in total. The SMILES string of the molecule is CS(=O)(=O)c1nc(C(=O)NCc2cccnc2OCC(F)(F)F)c2ccccn12. The van der Waals surface area contributed by atoms with Gasteiger partial charge in [-0.1, -0.05) is 12.1 Å². The quantitative estimate of drug-likeness (QED) is 0.644. The van der Waals surface area contributed by atoms with Crippen LogP contribution < -0.4 is 10.1 Å². The molecule has 0 aliphatic heterocycles. The molecule has 3 aromatic heterocycles. The van der Waals surface area contributed by atoms with Crippen LogP contribution in [-0.2, 0) is 16.4 Å². The molecule has 3 aromatic rings. The highest BCUT2D eigenvalue weighted by molar-refractivity contribution is 7.90. The Bertz CT molecular complexity index is 1160. The number of amides is 1. The first-order chi connectivity index (χ1) is 13.6. The van der Waals surface area contributed by atoms with Crippen LogP contribution in [0.15, 0.2) is 47.9 Å². The third-order valence-electron chi connectivity index (χ3n) is 3.72. The van der Waals surface area contributed by atoms with Gasteiger partial charge in [0.25, 0.3) is 5.91 Å². The number of alkyl halides is 3. The second kappa shape index (κ2) is 7.70. The van der Waals surface area contributed by atoms with Crippen LogP contribution in [0.4, 0.5) is 13.2 Å². The number of nitrogens with one attached hydrogen (secondary N) is 1. The highest BCUT2D eigenvalue weighted by atomic mass is 32.2. The molecule has 0 radical (unpaired) electrons. The molecule has 0 spiro atoms. The zero-order valence-electron chi connectivity index (χ0n) is 15.0. The molecule has 0 atom stereocenters. The molecule has 0 aromatic carbocycles. The minimum Gasteiger partial charge on any atom is -0.468 e. The molecule has 0 saturated carbocycles. The maximum Gasteiger partial charge on any atom is 0.422 e. The van der Waals surface area contributed by atoms with Crippen LogP contribution in [0.2, 0.25) is 0 Å². The van der Waals surface area contributed by atoms with Crippen LogP contribution >= 0.6 is 0 Å². The van der Waals surface area contributed by atoms with Gasteiger partial charge in [0.2, 0.25) is 20.9 Å². The molecule has 0 unspecified atom stereocenters. The number of pyridine rings is 2. The summed E-state index contributed by atoms with van der Waals surface area (Å²) < 4.78 is 66.9. The van der Waals surface area contributed by atoms with Gasteiger partial charge in [0, 0.05) is 30.8 Å². The Balaban J connectivity index is 1.83. The lowest BCUT2D eigenvalue weighted by molar-refractivity contribution is -0.154.